The highest BCUT2D eigenvalue weighted by Gasteiger charge is 2.09. The molecule has 64 valence electrons. The lowest BCUT2D eigenvalue weighted by molar-refractivity contribution is 0.0980. The Morgan fingerprint density at radius 1 is 1.67 bits per heavy atom. The lowest BCUT2D eigenvalue weighted by Crippen LogP contribution is -2.02. The van der Waals surface area contributed by atoms with Crippen molar-refractivity contribution in [3.8, 4) is 5.75 Å². The van der Waals surface area contributed by atoms with Gasteiger partial charge in [0.15, 0.2) is 5.78 Å². The summed E-state index contributed by atoms with van der Waals surface area (Å²) in [6.07, 6.45) is 2.04. The summed E-state index contributed by atoms with van der Waals surface area (Å²) in [7, 11) is 1.53. The van der Waals surface area contributed by atoms with E-state index in [9.17, 15) is 4.79 Å². The second kappa shape index (κ2) is 3.85. The third-order valence-electron chi connectivity index (χ3n) is 1.58. The van der Waals surface area contributed by atoms with Gasteiger partial charge in [-0.15, -0.1) is 0 Å². The van der Waals surface area contributed by atoms with Crippen LogP contribution in [0.25, 0.3) is 0 Å². The molecule has 0 fully saturated rings. The molecule has 0 saturated carbocycles. The zero-order valence-corrected chi connectivity index (χ0v) is 7.20. The van der Waals surface area contributed by atoms with Gasteiger partial charge in [0, 0.05) is 12.6 Å². The number of rotatable bonds is 3. The average molecular weight is 165 g/mol. The quantitative estimate of drug-likeness (QED) is 0.640. The normalized spacial score (nSPS) is 9.50. The van der Waals surface area contributed by atoms with E-state index < -0.39 is 0 Å². The van der Waals surface area contributed by atoms with Gasteiger partial charge in [0.25, 0.3) is 0 Å². The van der Waals surface area contributed by atoms with E-state index in [1.54, 1.807) is 25.3 Å². The fraction of sp³-hybridized carbons (Fsp3) is 0.333. The lowest BCUT2D eigenvalue weighted by Gasteiger charge is -2.03. The molecule has 12 heavy (non-hydrogen) atoms. The third kappa shape index (κ3) is 1.61. The molecule has 1 heterocycles. The Balaban J connectivity index is 3.04. The van der Waals surface area contributed by atoms with Crippen LogP contribution in [-0.2, 0) is 0 Å². The molecule has 0 atom stereocenters. The summed E-state index contributed by atoms with van der Waals surface area (Å²) in [5.41, 5.74) is 0.419. The second-order valence-electron chi connectivity index (χ2n) is 2.33. The molecular formula is C9H11NO2. The van der Waals surface area contributed by atoms with E-state index in [1.807, 2.05) is 0 Å². The van der Waals surface area contributed by atoms with Crippen molar-refractivity contribution in [3.63, 3.8) is 0 Å². The molecule has 0 bridgehead atoms. The van der Waals surface area contributed by atoms with Crippen LogP contribution in [0.4, 0.5) is 0 Å². The van der Waals surface area contributed by atoms with E-state index in [0.29, 0.717) is 17.9 Å². The monoisotopic (exact) mass is 165 g/mol. The fourth-order valence-electron chi connectivity index (χ4n) is 0.932. The molecule has 3 nitrogen and oxygen atoms in total. The van der Waals surface area contributed by atoms with Crippen molar-refractivity contribution in [3.05, 3.63) is 24.0 Å². The van der Waals surface area contributed by atoms with Gasteiger partial charge in [0.05, 0.1) is 7.11 Å². The molecule has 1 rings (SSSR count). The molecule has 0 N–H and O–H groups in total. The topological polar surface area (TPSA) is 39.2 Å². The zero-order chi connectivity index (χ0) is 8.97. The largest absolute Gasteiger partial charge is 0.494 e. The summed E-state index contributed by atoms with van der Waals surface area (Å²) in [6.45, 7) is 1.80. The van der Waals surface area contributed by atoms with Crippen molar-refractivity contribution >= 4 is 5.78 Å². The molecule has 0 saturated heterocycles. The third-order valence-corrected chi connectivity index (χ3v) is 1.58. The molecule has 1 aromatic heterocycles. The van der Waals surface area contributed by atoms with Crippen molar-refractivity contribution in [2.24, 2.45) is 0 Å². The molecule has 0 aliphatic heterocycles. The maximum absolute atomic E-state index is 11.3. The number of nitrogens with zero attached hydrogens (tertiary/aromatic N) is 1. The fourth-order valence-corrected chi connectivity index (χ4v) is 0.932. The molecule has 1 aromatic rings. The van der Waals surface area contributed by atoms with Crippen molar-refractivity contribution in [2.45, 2.75) is 13.3 Å². The molecule has 0 unspecified atom stereocenters. The number of carbonyl (C=O) groups excluding carboxylic acids is 1. The highest BCUT2D eigenvalue weighted by Crippen LogP contribution is 2.15. The van der Waals surface area contributed by atoms with E-state index in [0.717, 1.165) is 0 Å². The Morgan fingerprint density at radius 3 is 3.00 bits per heavy atom. The predicted octanol–water partition coefficient (Wildman–Crippen LogP) is 1.68. The molecule has 0 aliphatic rings. The highest BCUT2D eigenvalue weighted by molar-refractivity contribution is 5.96. The number of aromatic nitrogens is 1. The van der Waals surface area contributed by atoms with Gasteiger partial charge in [-0.3, -0.25) is 4.79 Å². The minimum Gasteiger partial charge on any atom is -0.494 e. The highest BCUT2D eigenvalue weighted by atomic mass is 16.5. The average Bonchev–Trinajstić information content (AvgIpc) is 2.16. The van der Waals surface area contributed by atoms with Crippen LogP contribution < -0.4 is 4.74 Å². The minimum atomic E-state index is 0.00690. The number of hydrogen-bond donors (Lipinski definition) is 0. The van der Waals surface area contributed by atoms with Crippen LogP contribution >= 0.6 is 0 Å². The van der Waals surface area contributed by atoms with Crippen LogP contribution in [0.1, 0.15) is 23.8 Å². The van der Waals surface area contributed by atoms with Gasteiger partial charge in [0.2, 0.25) is 0 Å². The Morgan fingerprint density at radius 2 is 2.42 bits per heavy atom. The van der Waals surface area contributed by atoms with Crippen LogP contribution in [0.2, 0.25) is 0 Å². The number of hydrogen-bond acceptors (Lipinski definition) is 3. The molecule has 0 radical (unpaired) electrons. The Bertz CT molecular complexity index is 284. The van der Waals surface area contributed by atoms with Crippen LogP contribution in [0.15, 0.2) is 18.3 Å². The standard InChI is InChI=1S/C9H11NO2/c1-3-7(11)9-8(12-2)5-4-6-10-9/h4-6H,3H2,1-2H3. The number of Topliss-reactive ketones (excluding diaryl/α,β-unsaturated/α-hetero) is 1. The molecule has 3 heteroatoms. The minimum absolute atomic E-state index is 0.00690. The summed E-state index contributed by atoms with van der Waals surface area (Å²) < 4.78 is 4.98. The number of pyridine rings is 1. The molecule has 0 aromatic carbocycles. The predicted molar refractivity (Wildman–Crippen MR) is 45.4 cm³/mol. The van der Waals surface area contributed by atoms with Crippen molar-refractivity contribution in [1.29, 1.82) is 0 Å². The second-order valence-corrected chi connectivity index (χ2v) is 2.33. The molecule has 0 spiro atoms. The smallest absolute Gasteiger partial charge is 0.184 e. The van der Waals surface area contributed by atoms with Crippen LogP contribution in [0.3, 0.4) is 0 Å². The van der Waals surface area contributed by atoms with Crippen LogP contribution in [0, 0.1) is 0 Å². The summed E-state index contributed by atoms with van der Waals surface area (Å²) in [4.78, 5) is 15.2. The van der Waals surface area contributed by atoms with Crippen molar-refractivity contribution in [1.82, 2.24) is 4.98 Å². The first-order valence-electron chi connectivity index (χ1n) is 3.81. The lowest BCUT2D eigenvalue weighted by atomic mass is 10.2. The first kappa shape index (κ1) is 8.71. The van der Waals surface area contributed by atoms with Crippen LogP contribution in [0.5, 0.6) is 5.75 Å². The van der Waals surface area contributed by atoms with E-state index in [4.69, 9.17) is 4.74 Å². The summed E-state index contributed by atoms with van der Waals surface area (Å²) in [6, 6.07) is 3.47. The van der Waals surface area contributed by atoms with Gasteiger partial charge in [-0.2, -0.15) is 0 Å². The zero-order valence-electron chi connectivity index (χ0n) is 7.20. The van der Waals surface area contributed by atoms with Crippen molar-refractivity contribution in [2.75, 3.05) is 7.11 Å². The maximum atomic E-state index is 11.3. The molecule has 0 aliphatic carbocycles. The number of ether oxygens (including phenoxy) is 1. The van der Waals surface area contributed by atoms with E-state index in [1.165, 1.54) is 7.11 Å². The molecular weight excluding hydrogens is 154 g/mol. The van der Waals surface area contributed by atoms with Gasteiger partial charge >= 0.3 is 0 Å². The maximum Gasteiger partial charge on any atom is 0.184 e. The summed E-state index contributed by atoms with van der Waals surface area (Å²) >= 11 is 0. The Kier molecular flexibility index (Phi) is 2.80. The first-order chi connectivity index (χ1) is 5.79. The van der Waals surface area contributed by atoms with E-state index in [2.05, 4.69) is 4.98 Å². The SMILES string of the molecule is CCC(=O)c1ncccc1OC. The Hall–Kier alpha value is -1.38. The number of ketones is 1. The summed E-state index contributed by atoms with van der Waals surface area (Å²) in [5.74, 6) is 0.553. The van der Waals surface area contributed by atoms with Gasteiger partial charge in [0.1, 0.15) is 11.4 Å². The number of methoxy groups -OCH3 is 1. The van der Waals surface area contributed by atoms with Crippen LogP contribution in [-0.4, -0.2) is 17.9 Å². The Labute approximate surface area is 71.4 Å². The van der Waals surface area contributed by atoms with Gasteiger partial charge in [-0.25, -0.2) is 4.98 Å². The first-order valence-corrected chi connectivity index (χ1v) is 3.81. The van der Waals surface area contributed by atoms with Gasteiger partial charge in [-0.1, -0.05) is 6.92 Å². The van der Waals surface area contributed by atoms with Gasteiger partial charge < -0.3 is 4.74 Å². The number of carbonyl (C=O) groups is 1. The van der Waals surface area contributed by atoms with Gasteiger partial charge in [-0.05, 0) is 12.1 Å². The van der Waals surface area contributed by atoms with Crippen molar-refractivity contribution < 1.29 is 9.53 Å². The molecule has 0 amide bonds. The van der Waals surface area contributed by atoms with E-state index in [-0.39, 0.29) is 5.78 Å². The van der Waals surface area contributed by atoms with E-state index >= 15 is 0 Å². The summed E-state index contributed by atoms with van der Waals surface area (Å²) in [5, 5.41) is 0.